The molecule has 0 radical (unpaired) electrons. The number of hydrogen-bond acceptors (Lipinski definition) is 2. The summed E-state index contributed by atoms with van der Waals surface area (Å²) >= 11 is 1.77. The molecule has 2 aromatic rings. The van der Waals surface area contributed by atoms with Gasteiger partial charge in [-0.1, -0.05) is 6.07 Å². The van der Waals surface area contributed by atoms with Crippen LogP contribution in [0.1, 0.15) is 32.5 Å². The summed E-state index contributed by atoms with van der Waals surface area (Å²) in [5.74, 6) is -0.171. The largest absolute Gasteiger partial charge is 0.309 e. The molecule has 0 aliphatic carbocycles. The topological polar surface area (TPSA) is 12.0 Å². The molecule has 2 rings (SSSR count). The van der Waals surface area contributed by atoms with E-state index < -0.39 is 0 Å². The Morgan fingerprint density at radius 1 is 1.11 bits per heavy atom. The van der Waals surface area contributed by atoms with E-state index in [4.69, 9.17) is 0 Å². The molecule has 0 saturated heterocycles. The van der Waals surface area contributed by atoms with Gasteiger partial charge in [0.1, 0.15) is 5.82 Å². The fourth-order valence-electron chi connectivity index (χ4n) is 2.15. The van der Waals surface area contributed by atoms with Crippen molar-refractivity contribution >= 4 is 11.3 Å². The van der Waals surface area contributed by atoms with Gasteiger partial charge in [0.15, 0.2) is 0 Å². The van der Waals surface area contributed by atoms with Gasteiger partial charge in [0.05, 0.1) is 6.04 Å². The van der Waals surface area contributed by atoms with Crippen molar-refractivity contribution in [3.05, 3.63) is 56.5 Å². The van der Waals surface area contributed by atoms with Crippen LogP contribution in [0, 0.1) is 26.6 Å². The number of benzene rings is 1. The summed E-state index contributed by atoms with van der Waals surface area (Å²) < 4.78 is 13.5. The summed E-state index contributed by atoms with van der Waals surface area (Å²) in [6.07, 6.45) is 0. The van der Waals surface area contributed by atoms with Crippen LogP contribution in [0.5, 0.6) is 0 Å². The lowest BCUT2D eigenvalue weighted by molar-refractivity contribution is 0.616. The van der Waals surface area contributed by atoms with E-state index in [-0.39, 0.29) is 11.9 Å². The van der Waals surface area contributed by atoms with Crippen LogP contribution in [0.3, 0.4) is 0 Å². The minimum atomic E-state index is -0.171. The van der Waals surface area contributed by atoms with E-state index in [1.807, 2.05) is 20.0 Å². The number of rotatable bonds is 3. The first-order valence-corrected chi connectivity index (χ1v) is 6.84. The van der Waals surface area contributed by atoms with Crippen molar-refractivity contribution in [3.8, 4) is 0 Å². The molecule has 0 bridgehead atoms. The maximum Gasteiger partial charge on any atom is 0.123 e. The van der Waals surface area contributed by atoms with Gasteiger partial charge in [0, 0.05) is 9.75 Å². The normalized spacial score (nSPS) is 12.7. The van der Waals surface area contributed by atoms with Crippen molar-refractivity contribution in [3.63, 3.8) is 0 Å². The molecule has 1 heterocycles. The van der Waals surface area contributed by atoms with Gasteiger partial charge < -0.3 is 5.32 Å². The van der Waals surface area contributed by atoms with Gasteiger partial charge >= 0.3 is 0 Å². The zero-order valence-corrected chi connectivity index (χ0v) is 12.0. The molecule has 18 heavy (non-hydrogen) atoms. The first-order valence-electron chi connectivity index (χ1n) is 6.02. The standard InChI is InChI=1S/C15H18FNS/c1-9-5-12(8-13(16)6-9)15(17-4)14-7-10(2)11(3)18-14/h5-8,15,17H,1-4H3. The second-order valence-corrected chi connectivity index (χ2v) is 5.96. The summed E-state index contributed by atoms with van der Waals surface area (Å²) in [7, 11) is 1.91. The quantitative estimate of drug-likeness (QED) is 0.878. The Hall–Kier alpha value is -1.19. The molecule has 1 unspecified atom stereocenters. The minimum absolute atomic E-state index is 0.0665. The van der Waals surface area contributed by atoms with E-state index in [0.29, 0.717) is 0 Å². The van der Waals surface area contributed by atoms with Crippen molar-refractivity contribution in [2.45, 2.75) is 26.8 Å². The molecule has 1 aromatic heterocycles. The van der Waals surface area contributed by atoms with E-state index in [2.05, 4.69) is 25.2 Å². The Balaban J connectivity index is 2.44. The average Bonchev–Trinajstić information content (AvgIpc) is 2.58. The molecule has 96 valence electrons. The Bertz CT molecular complexity index is 520. The zero-order chi connectivity index (χ0) is 13.3. The summed E-state index contributed by atoms with van der Waals surface area (Å²) in [4.78, 5) is 2.55. The van der Waals surface area contributed by atoms with E-state index in [9.17, 15) is 4.39 Å². The molecule has 1 atom stereocenters. The molecule has 1 nitrogen and oxygen atoms in total. The van der Waals surface area contributed by atoms with Gasteiger partial charge in [-0.15, -0.1) is 11.3 Å². The van der Waals surface area contributed by atoms with E-state index in [1.54, 1.807) is 23.5 Å². The first kappa shape index (κ1) is 13.2. The average molecular weight is 263 g/mol. The lowest BCUT2D eigenvalue weighted by atomic mass is 10.0. The van der Waals surface area contributed by atoms with Crippen LogP contribution >= 0.6 is 11.3 Å². The zero-order valence-electron chi connectivity index (χ0n) is 11.2. The molecule has 1 N–H and O–H groups in total. The number of thiophene rings is 1. The molecular weight excluding hydrogens is 245 g/mol. The fraction of sp³-hybridized carbons (Fsp3) is 0.333. The summed E-state index contributed by atoms with van der Waals surface area (Å²) in [5.41, 5.74) is 3.23. The van der Waals surface area contributed by atoms with Gasteiger partial charge in [-0.25, -0.2) is 4.39 Å². The highest BCUT2D eigenvalue weighted by atomic mass is 32.1. The van der Waals surface area contributed by atoms with Gasteiger partial charge in [0.25, 0.3) is 0 Å². The molecule has 3 heteroatoms. The Morgan fingerprint density at radius 2 is 1.83 bits per heavy atom. The van der Waals surface area contributed by atoms with Crippen molar-refractivity contribution in [2.24, 2.45) is 0 Å². The van der Waals surface area contributed by atoms with Crippen LogP contribution in [0.4, 0.5) is 4.39 Å². The van der Waals surface area contributed by atoms with Crippen LogP contribution in [-0.2, 0) is 0 Å². The van der Waals surface area contributed by atoms with Crippen LogP contribution in [0.2, 0.25) is 0 Å². The molecule has 0 amide bonds. The van der Waals surface area contributed by atoms with Crippen molar-refractivity contribution in [2.75, 3.05) is 7.05 Å². The third-order valence-corrected chi connectivity index (χ3v) is 4.37. The molecular formula is C15H18FNS. The van der Waals surface area contributed by atoms with Gasteiger partial charge in [-0.05, 0) is 62.7 Å². The second kappa shape index (κ2) is 5.21. The van der Waals surface area contributed by atoms with Crippen LogP contribution in [0.15, 0.2) is 24.3 Å². The number of nitrogens with one attached hydrogen (secondary N) is 1. The highest BCUT2D eigenvalue weighted by Crippen LogP contribution is 2.31. The highest BCUT2D eigenvalue weighted by molar-refractivity contribution is 7.12. The molecule has 0 aliphatic rings. The van der Waals surface area contributed by atoms with Crippen LogP contribution in [-0.4, -0.2) is 7.05 Å². The van der Waals surface area contributed by atoms with Crippen molar-refractivity contribution in [1.29, 1.82) is 0 Å². The summed E-state index contributed by atoms with van der Waals surface area (Å²) in [6.45, 7) is 6.15. The van der Waals surface area contributed by atoms with Gasteiger partial charge in [-0.3, -0.25) is 0 Å². The lowest BCUT2D eigenvalue weighted by Crippen LogP contribution is -2.16. The van der Waals surface area contributed by atoms with E-state index in [0.717, 1.165) is 11.1 Å². The SMILES string of the molecule is CNC(c1cc(C)cc(F)c1)c1cc(C)c(C)s1. The Kier molecular flexibility index (Phi) is 3.83. The second-order valence-electron chi connectivity index (χ2n) is 4.67. The van der Waals surface area contributed by atoms with Crippen molar-refractivity contribution in [1.82, 2.24) is 5.32 Å². The van der Waals surface area contributed by atoms with E-state index >= 15 is 0 Å². The number of aryl methyl sites for hydroxylation is 3. The van der Waals surface area contributed by atoms with Crippen molar-refractivity contribution < 1.29 is 4.39 Å². The minimum Gasteiger partial charge on any atom is -0.309 e. The monoisotopic (exact) mass is 263 g/mol. The Morgan fingerprint density at radius 3 is 2.33 bits per heavy atom. The predicted molar refractivity (Wildman–Crippen MR) is 75.8 cm³/mol. The van der Waals surface area contributed by atoms with Gasteiger partial charge in [0.2, 0.25) is 0 Å². The highest BCUT2D eigenvalue weighted by Gasteiger charge is 2.16. The van der Waals surface area contributed by atoms with Gasteiger partial charge in [-0.2, -0.15) is 0 Å². The third kappa shape index (κ3) is 2.62. The molecule has 0 spiro atoms. The first-order chi connectivity index (χ1) is 8.51. The maximum atomic E-state index is 13.5. The lowest BCUT2D eigenvalue weighted by Gasteiger charge is -2.16. The number of hydrogen-bond donors (Lipinski definition) is 1. The molecule has 0 aliphatic heterocycles. The van der Waals surface area contributed by atoms with E-state index in [1.165, 1.54) is 15.3 Å². The van der Waals surface area contributed by atoms with Crippen LogP contribution < -0.4 is 5.32 Å². The smallest absolute Gasteiger partial charge is 0.123 e. The summed E-state index contributed by atoms with van der Waals surface area (Å²) in [6, 6.07) is 7.45. The predicted octanol–water partition coefficient (Wildman–Crippen LogP) is 4.12. The summed E-state index contributed by atoms with van der Waals surface area (Å²) in [5, 5.41) is 3.27. The maximum absolute atomic E-state index is 13.5. The number of halogens is 1. The third-order valence-electron chi connectivity index (χ3n) is 3.16. The molecule has 0 saturated carbocycles. The fourth-order valence-corrected chi connectivity index (χ4v) is 3.33. The van der Waals surface area contributed by atoms with Crippen LogP contribution in [0.25, 0.3) is 0 Å². The molecule has 0 fully saturated rings. The molecule has 1 aromatic carbocycles. The Labute approximate surface area is 112 Å².